The second-order valence-corrected chi connectivity index (χ2v) is 6.63. The van der Waals surface area contributed by atoms with Gasteiger partial charge in [0.15, 0.2) is 11.7 Å². The van der Waals surface area contributed by atoms with Crippen molar-refractivity contribution in [3.8, 4) is 5.75 Å². The fourth-order valence-corrected chi connectivity index (χ4v) is 2.41. The van der Waals surface area contributed by atoms with Crippen LogP contribution in [0.2, 0.25) is 0 Å². The van der Waals surface area contributed by atoms with E-state index < -0.39 is 5.91 Å². The number of thiocarbonyl (C=S) groups is 1. The van der Waals surface area contributed by atoms with Crippen LogP contribution in [0.15, 0.2) is 54.6 Å². The second kappa shape index (κ2) is 10.3. The number of benzene rings is 2. The van der Waals surface area contributed by atoms with Crippen molar-refractivity contribution in [1.82, 2.24) is 16.2 Å². The zero-order chi connectivity index (χ0) is 19.6. The summed E-state index contributed by atoms with van der Waals surface area (Å²) in [6, 6.07) is 16.9. The van der Waals surface area contributed by atoms with E-state index in [1.807, 2.05) is 54.6 Å². The number of ether oxygens (including phenoxy) is 1. The van der Waals surface area contributed by atoms with Crippen LogP contribution in [0.1, 0.15) is 30.9 Å². The summed E-state index contributed by atoms with van der Waals surface area (Å²) in [5.41, 5.74) is 6.93. The maximum Gasteiger partial charge on any atom is 0.276 e. The van der Waals surface area contributed by atoms with Crippen LogP contribution in [0.25, 0.3) is 0 Å². The first-order chi connectivity index (χ1) is 12.9. The van der Waals surface area contributed by atoms with E-state index in [-0.39, 0.29) is 24.0 Å². The van der Waals surface area contributed by atoms with Crippen molar-refractivity contribution in [3.63, 3.8) is 0 Å². The Morgan fingerprint density at radius 2 is 1.63 bits per heavy atom. The number of carbonyl (C=O) groups is 2. The summed E-state index contributed by atoms with van der Waals surface area (Å²) in [5.74, 6) is 0.356. The SMILES string of the molecule is CC(C)c1ccc(OCC(=O)NNC(=S)NC(=O)Cc2ccccc2)cc1. The molecule has 0 aromatic heterocycles. The summed E-state index contributed by atoms with van der Waals surface area (Å²) in [6.07, 6.45) is 0.200. The van der Waals surface area contributed by atoms with Crippen LogP contribution in [0.5, 0.6) is 5.75 Å². The van der Waals surface area contributed by atoms with E-state index in [1.165, 1.54) is 5.56 Å². The van der Waals surface area contributed by atoms with E-state index in [4.69, 9.17) is 17.0 Å². The van der Waals surface area contributed by atoms with Gasteiger partial charge in [0, 0.05) is 0 Å². The minimum Gasteiger partial charge on any atom is -0.484 e. The third kappa shape index (κ3) is 7.45. The first-order valence-corrected chi connectivity index (χ1v) is 9.00. The molecule has 0 aliphatic heterocycles. The molecular weight excluding hydrogens is 362 g/mol. The molecule has 0 unspecified atom stereocenters. The third-order valence-corrected chi connectivity index (χ3v) is 3.90. The number of hydrogen-bond donors (Lipinski definition) is 3. The van der Waals surface area contributed by atoms with Gasteiger partial charge < -0.3 is 10.1 Å². The van der Waals surface area contributed by atoms with Gasteiger partial charge in [-0.15, -0.1) is 0 Å². The Kier molecular flexibility index (Phi) is 7.76. The van der Waals surface area contributed by atoms with Gasteiger partial charge in [-0.3, -0.25) is 20.4 Å². The molecule has 3 N–H and O–H groups in total. The Morgan fingerprint density at radius 1 is 0.963 bits per heavy atom. The molecule has 2 rings (SSSR count). The minimum atomic E-state index is -0.414. The fraction of sp³-hybridized carbons (Fsp3) is 0.250. The number of amides is 2. The van der Waals surface area contributed by atoms with Gasteiger partial charge in [-0.25, -0.2) is 0 Å². The van der Waals surface area contributed by atoms with Crippen LogP contribution in [0, 0.1) is 0 Å². The highest BCUT2D eigenvalue weighted by molar-refractivity contribution is 7.80. The monoisotopic (exact) mass is 385 g/mol. The average Bonchev–Trinajstić information content (AvgIpc) is 2.65. The maximum absolute atomic E-state index is 11.9. The molecule has 0 fully saturated rings. The highest BCUT2D eigenvalue weighted by atomic mass is 32.1. The van der Waals surface area contributed by atoms with Gasteiger partial charge >= 0.3 is 0 Å². The quantitative estimate of drug-likeness (QED) is 0.526. The normalized spacial score (nSPS) is 10.2. The zero-order valence-corrected chi connectivity index (χ0v) is 16.1. The van der Waals surface area contributed by atoms with Crippen molar-refractivity contribution in [2.75, 3.05) is 6.61 Å². The van der Waals surface area contributed by atoms with E-state index in [9.17, 15) is 9.59 Å². The molecule has 0 atom stereocenters. The molecule has 0 aliphatic rings. The van der Waals surface area contributed by atoms with Gasteiger partial charge in [-0.1, -0.05) is 56.3 Å². The molecule has 27 heavy (non-hydrogen) atoms. The molecule has 6 nitrogen and oxygen atoms in total. The van der Waals surface area contributed by atoms with Crippen molar-refractivity contribution in [3.05, 3.63) is 65.7 Å². The topological polar surface area (TPSA) is 79.5 Å². The lowest BCUT2D eigenvalue weighted by Crippen LogP contribution is -2.49. The number of hydrogen-bond acceptors (Lipinski definition) is 4. The van der Waals surface area contributed by atoms with Gasteiger partial charge in [0.05, 0.1) is 6.42 Å². The first kappa shape index (κ1) is 20.4. The summed E-state index contributed by atoms with van der Waals surface area (Å²) in [4.78, 5) is 23.7. The molecule has 2 aromatic carbocycles. The Hall–Kier alpha value is -2.93. The van der Waals surface area contributed by atoms with E-state index in [0.717, 1.165) is 5.56 Å². The molecule has 0 radical (unpaired) electrons. The van der Waals surface area contributed by atoms with Crippen molar-refractivity contribution >= 4 is 29.1 Å². The van der Waals surface area contributed by atoms with E-state index >= 15 is 0 Å². The Bertz CT molecular complexity index is 777. The molecule has 0 saturated carbocycles. The van der Waals surface area contributed by atoms with Crippen LogP contribution in [-0.2, 0) is 16.0 Å². The van der Waals surface area contributed by atoms with Gasteiger partial charge in [0.25, 0.3) is 5.91 Å². The number of rotatable bonds is 6. The molecule has 0 aliphatic carbocycles. The number of carbonyl (C=O) groups excluding carboxylic acids is 2. The molecule has 0 bridgehead atoms. The average molecular weight is 385 g/mol. The van der Waals surface area contributed by atoms with Gasteiger partial charge in [0.1, 0.15) is 5.75 Å². The van der Waals surface area contributed by atoms with Crippen LogP contribution < -0.4 is 20.9 Å². The van der Waals surface area contributed by atoms with Crippen molar-refractivity contribution in [2.24, 2.45) is 0 Å². The molecule has 2 aromatic rings. The summed E-state index contributed by atoms with van der Waals surface area (Å²) in [7, 11) is 0. The van der Waals surface area contributed by atoms with Crippen LogP contribution in [0.3, 0.4) is 0 Å². The molecule has 7 heteroatoms. The van der Waals surface area contributed by atoms with E-state index in [0.29, 0.717) is 11.7 Å². The summed E-state index contributed by atoms with van der Waals surface area (Å²) in [6.45, 7) is 4.04. The number of nitrogens with one attached hydrogen (secondary N) is 3. The fourth-order valence-electron chi connectivity index (χ4n) is 2.24. The Morgan fingerprint density at radius 3 is 2.26 bits per heavy atom. The molecule has 0 spiro atoms. The highest BCUT2D eigenvalue weighted by Crippen LogP contribution is 2.18. The lowest BCUT2D eigenvalue weighted by Gasteiger charge is -2.12. The van der Waals surface area contributed by atoms with Crippen LogP contribution in [0.4, 0.5) is 0 Å². The van der Waals surface area contributed by atoms with Crippen LogP contribution in [-0.4, -0.2) is 23.5 Å². The van der Waals surface area contributed by atoms with E-state index in [2.05, 4.69) is 30.0 Å². The zero-order valence-electron chi connectivity index (χ0n) is 15.3. The summed E-state index contributed by atoms with van der Waals surface area (Å²) in [5, 5.41) is 2.52. The van der Waals surface area contributed by atoms with Crippen molar-refractivity contribution in [1.29, 1.82) is 0 Å². The molecule has 0 saturated heterocycles. The summed E-state index contributed by atoms with van der Waals surface area (Å²) >= 11 is 4.98. The largest absolute Gasteiger partial charge is 0.484 e. The predicted molar refractivity (Wildman–Crippen MR) is 108 cm³/mol. The van der Waals surface area contributed by atoms with Crippen LogP contribution >= 0.6 is 12.2 Å². The number of hydrazine groups is 1. The lowest BCUT2D eigenvalue weighted by atomic mass is 10.0. The van der Waals surface area contributed by atoms with Gasteiger partial charge in [-0.05, 0) is 41.4 Å². The minimum absolute atomic E-state index is 0.0190. The second-order valence-electron chi connectivity index (χ2n) is 6.23. The highest BCUT2D eigenvalue weighted by Gasteiger charge is 2.08. The van der Waals surface area contributed by atoms with Crippen molar-refractivity contribution in [2.45, 2.75) is 26.2 Å². The standard InChI is InChI=1S/C20H23N3O3S/c1-14(2)16-8-10-17(11-9-16)26-13-19(25)22-23-20(27)21-18(24)12-15-6-4-3-5-7-15/h3-11,14H,12-13H2,1-2H3,(H,22,25)(H2,21,23,24,27). The molecule has 2 amide bonds. The lowest BCUT2D eigenvalue weighted by molar-refractivity contribution is -0.124. The molecular formula is C20H23N3O3S. The first-order valence-electron chi connectivity index (χ1n) is 8.59. The smallest absolute Gasteiger partial charge is 0.276 e. The van der Waals surface area contributed by atoms with E-state index in [1.54, 1.807) is 0 Å². The third-order valence-electron chi connectivity index (χ3n) is 3.69. The Balaban J connectivity index is 1.67. The maximum atomic E-state index is 11.9. The van der Waals surface area contributed by atoms with Gasteiger partial charge in [0.2, 0.25) is 5.91 Å². The molecule has 142 valence electrons. The van der Waals surface area contributed by atoms with Gasteiger partial charge in [-0.2, -0.15) is 0 Å². The predicted octanol–water partition coefficient (Wildman–Crippen LogP) is 2.45. The Labute approximate surface area is 164 Å². The molecule has 0 heterocycles. The van der Waals surface area contributed by atoms with Crippen molar-refractivity contribution < 1.29 is 14.3 Å². The summed E-state index contributed by atoms with van der Waals surface area (Å²) < 4.78 is 5.41.